The van der Waals surface area contributed by atoms with Crippen LogP contribution in [0.4, 0.5) is 0 Å². The summed E-state index contributed by atoms with van der Waals surface area (Å²) in [6, 6.07) is 15.1. The van der Waals surface area contributed by atoms with Gasteiger partial charge >= 0.3 is 0 Å². The van der Waals surface area contributed by atoms with Crippen LogP contribution in [0.2, 0.25) is 0 Å². The van der Waals surface area contributed by atoms with Gasteiger partial charge in [0.2, 0.25) is 0 Å². The van der Waals surface area contributed by atoms with Crippen molar-refractivity contribution in [3.63, 3.8) is 0 Å². The van der Waals surface area contributed by atoms with Gasteiger partial charge < -0.3 is 10.1 Å². The SMILES string of the molecule is [2H]C([2H])([2H])NC(=O)c1cccc2c1OCC2c1ccccc1. The van der Waals surface area contributed by atoms with E-state index >= 15 is 0 Å². The molecule has 1 atom stereocenters. The molecule has 1 heterocycles. The van der Waals surface area contributed by atoms with E-state index in [0.717, 1.165) is 11.1 Å². The number of fused-ring (bicyclic) bond motifs is 1. The van der Waals surface area contributed by atoms with E-state index in [4.69, 9.17) is 8.85 Å². The Labute approximate surface area is 116 Å². The predicted octanol–water partition coefficient (Wildman–Crippen LogP) is 2.57. The van der Waals surface area contributed by atoms with E-state index in [1.807, 2.05) is 41.7 Å². The molecule has 3 nitrogen and oxygen atoms in total. The highest BCUT2D eigenvalue weighted by atomic mass is 16.5. The number of hydrogen-bond acceptors (Lipinski definition) is 2. The zero-order valence-corrected chi connectivity index (χ0v) is 10.2. The molecule has 2 aromatic carbocycles. The molecule has 1 N–H and O–H groups in total. The summed E-state index contributed by atoms with van der Waals surface area (Å²) in [5.41, 5.74) is 2.27. The van der Waals surface area contributed by atoms with Gasteiger partial charge in [0.15, 0.2) is 0 Å². The summed E-state index contributed by atoms with van der Waals surface area (Å²) in [7, 11) is 0. The van der Waals surface area contributed by atoms with Gasteiger partial charge in [-0.1, -0.05) is 42.5 Å². The first-order valence-corrected chi connectivity index (χ1v) is 6.09. The Kier molecular flexibility index (Phi) is 2.19. The fraction of sp³-hybridized carbons (Fsp3) is 0.188. The third kappa shape index (κ3) is 1.97. The average molecular weight is 256 g/mol. The van der Waals surface area contributed by atoms with Gasteiger partial charge in [0.25, 0.3) is 5.91 Å². The Morgan fingerprint density at radius 2 is 2.11 bits per heavy atom. The number of para-hydroxylation sites is 1. The molecule has 0 bridgehead atoms. The Morgan fingerprint density at radius 3 is 2.89 bits per heavy atom. The topological polar surface area (TPSA) is 38.3 Å². The predicted molar refractivity (Wildman–Crippen MR) is 73.6 cm³/mol. The molecule has 3 rings (SSSR count). The lowest BCUT2D eigenvalue weighted by atomic mass is 9.92. The minimum Gasteiger partial charge on any atom is -0.491 e. The van der Waals surface area contributed by atoms with Crippen LogP contribution in [-0.2, 0) is 0 Å². The van der Waals surface area contributed by atoms with E-state index in [0.29, 0.717) is 12.4 Å². The van der Waals surface area contributed by atoms with E-state index in [9.17, 15) is 4.79 Å². The second-order valence-corrected chi connectivity index (χ2v) is 4.45. The van der Waals surface area contributed by atoms with Gasteiger partial charge in [-0.3, -0.25) is 4.79 Å². The van der Waals surface area contributed by atoms with Crippen molar-refractivity contribution in [1.82, 2.24) is 5.32 Å². The Bertz CT molecular complexity index is 698. The smallest absolute Gasteiger partial charge is 0.254 e. The molecule has 0 saturated heterocycles. The second-order valence-electron chi connectivity index (χ2n) is 4.45. The summed E-state index contributed by atoms with van der Waals surface area (Å²) in [5, 5.41) is 2.00. The van der Waals surface area contributed by atoms with Crippen LogP contribution in [0.25, 0.3) is 0 Å². The third-order valence-electron chi connectivity index (χ3n) is 3.38. The van der Waals surface area contributed by atoms with Crippen LogP contribution in [0.3, 0.4) is 0 Å². The Morgan fingerprint density at radius 1 is 1.26 bits per heavy atom. The van der Waals surface area contributed by atoms with Crippen molar-refractivity contribution in [2.75, 3.05) is 13.6 Å². The first-order chi connectivity index (χ1) is 10.5. The monoisotopic (exact) mass is 256 g/mol. The van der Waals surface area contributed by atoms with Crippen LogP contribution in [0.5, 0.6) is 5.75 Å². The van der Waals surface area contributed by atoms with E-state index in [1.54, 1.807) is 12.1 Å². The maximum Gasteiger partial charge on any atom is 0.254 e. The number of ether oxygens (including phenoxy) is 1. The summed E-state index contributed by atoms with van der Waals surface area (Å²) >= 11 is 0. The Hall–Kier alpha value is -2.29. The summed E-state index contributed by atoms with van der Waals surface area (Å²) in [6.45, 7) is -2.07. The molecule has 3 heteroatoms. The number of amides is 1. The van der Waals surface area contributed by atoms with E-state index in [1.165, 1.54) is 0 Å². The number of rotatable bonds is 2. The normalized spacial score (nSPS) is 19.6. The lowest BCUT2D eigenvalue weighted by Gasteiger charge is -2.09. The van der Waals surface area contributed by atoms with Crippen LogP contribution < -0.4 is 10.1 Å². The molecule has 0 aliphatic carbocycles. The van der Waals surface area contributed by atoms with Crippen molar-refractivity contribution in [2.45, 2.75) is 5.92 Å². The first kappa shape index (κ1) is 8.75. The highest BCUT2D eigenvalue weighted by Gasteiger charge is 2.29. The first-order valence-electron chi connectivity index (χ1n) is 7.59. The van der Waals surface area contributed by atoms with Crippen molar-refractivity contribution in [3.05, 3.63) is 65.2 Å². The molecule has 1 amide bonds. The number of nitrogens with one attached hydrogen (secondary N) is 1. The highest BCUT2D eigenvalue weighted by molar-refractivity contribution is 5.97. The molecule has 1 aliphatic heterocycles. The van der Waals surface area contributed by atoms with E-state index in [-0.39, 0.29) is 11.5 Å². The van der Waals surface area contributed by atoms with Crippen molar-refractivity contribution in [1.29, 1.82) is 0 Å². The maximum atomic E-state index is 12.1. The van der Waals surface area contributed by atoms with Gasteiger partial charge in [-0.15, -0.1) is 0 Å². The minimum absolute atomic E-state index is 0.0525. The van der Waals surface area contributed by atoms with Crippen LogP contribution in [0.1, 0.15) is 31.5 Å². The molecule has 0 radical (unpaired) electrons. The summed E-state index contributed by atoms with van der Waals surface area (Å²) in [5.74, 6) is -0.125. The molecule has 0 spiro atoms. The van der Waals surface area contributed by atoms with Crippen molar-refractivity contribution in [2.24, 2.45) is 0 Å². The fourth-order valence-electron chi connectivity index (χ4n) is 2.45. The summed E-state index contributed by atoms with van der Waals surface area (Å²) in [4.78, 5) is 12.1. The number of hydrogen-bond donors (Lipinski definition) is 1. The molecule has 0 fully saturated rings. The van der Waals surface area contributed by atoms with Gasteiger partial charge in [-0.05, 0) is 11.6 Å². The van der Waals surface area contributed by atoms with Gasteiger partial charge in [0, 0.05) is 22.6 Å². The minimum atomic E-state index is -2.52. The van der Waals surface area contributed by atoms with Gasteiger partial charge in [0.05, 0.1) is 12.2 Å². The molecule has 19 heavy (non-hydrogen) atoms. The molecular weight excluding hydrogens is 238 g/mol. The molecule has 0 aromatic heterocycles. The summed E-state index contributed by atoms with van der Waals surface area (Å²) in [6.07, 6.45) is 0. The molecular formula is C16H15NO2. The number of carbonyl (C=O) groups is 1. The molecule has 96 valence electrons. The quantitative estimate of drug-likeness (QED) is 0.896. The lowest BCUT2D eigenvalue weighted by Crippen LogP contribution is -2.18. The van der Waals surface area contributed by atoms with Crippen LogP contribution in [-0.4, -0.2) is 19.5 Å². The van der Waals surface area contributed by atoms with Crippen LogP contribution in [0, 0.1) is 0 Å². The summed E-state index contributed by atoms with van der Waals surface area (Å²) < 4.78 is 27.1. The van der Waals surface area contributed by atoms with E-state index < -0.39 is 12.9 Å². The van der Waals surface area contributed by atoms with Gasteiger partial charge in [0.1, 0.15) is 5.75 Å². The lowest BCUT2D eigenvalue weighted by molar-refractivity contribution is 0.0960. The van der Waals surface area contributed by atoms with E-state index in [2.05, 4.69) is 0 Å². The number of carbonyl (C=O) groups excluding carboxylic acids is 1. The zero-order valence-electron chi connectivity index (χ0n) is 13.2. The standard InChI is InChI=1S/C16H15NO2/c1-17-16(18)13-9-5-8-12-14(10-19-15(12)13)11-6-3-2-4-7-11/h2-9,14H,10H2,1H3,(H,17,18)/i1D3. The third-order valence-corrected chi connectivity index (χ3v) is 3.38. The van der Waals surface area contributed by atoms with Crippen molar-refractivity contribution in [3.8, 4) is 5.75 Å². The van der Waals surface area contributed by atoms with Gasteiger partial charge in [-0.2, -0.15) is 0 Å². The molecule has 0 saturated carbocycles. The average Bonchev–Trinajstić information content (AvgIpc) is 2.90. The van der Waals surface area contributed by atoms with Gasteiger partial charge in [-0.25, -0.2) is 0 Å². The molecule has 1 aliphatic rings. The van der Waals surface area contributed by atoms with Crippen LogP contribution in [0.15, 0.2) is 48.5 Å². The largest absolute Gasteiger partial charge is 0.491 e. The van der Waals surface area contributed by atoms with Crippen molar-refractivity contribution < 1.29 is 13.6 Å². The highest BCUT2D eigenvalue weighted by Crippen LogP contribution is 2.40. The van der Waals surface area contributed by atoms with Crippen molar-refractivity contribution >= 4 is 5.91 Å². The van der Waals surface area contributed by atoms with Crippen LogP contribution >= 0.6 is 0 Å². The number of benzene rings is 2. The Balaban J connectivity index is 1.95. The molecule has 2 aromatic rings. The fourth-order valence-corrected chi connectivity index (χ4v) is 2.45. The maximum absolute atomic E-state index is 12.1. The zero-order chi connectivity index (χ0) is 15.7. The molecule has 1 unspecified atom stereocenters. The second kappa shape index (κ2) is 4.76.